The van der Waals surface area contributed by atoms with Crippen molar-refractivity contribution in [3.05, 3.63) is 23.8 Å². The highest BCUT2D eigenvalue weighted by atomic mass is 16.5. The van der Waals surface area contributed by atoms with Gasteiger partial charge in [-0.05, 0) is 50.3 Å². The van der Waals surface area contributed by atoms with Gasteiger partial charge in [0.15, 0.2) is 0 Å². The fourth-order valence-electron chi connectivity index (χ4n) is 2.39. The Labute approximate surface area is 124 Å². The number of methoxy groups -OCH3 is 1. The van der Waals surface area contributed by atoms with E-state index in [1.807, 2.05) is 25.1 Å². The van der Waals surface area contributed by atoms with Crippen molar-refractivity contribution in [3.8, 4) is 5.75 Å². The van der Waals surface area contributed by atoms with Crippen molar-refractivity contribution in [3.63, 3.8) is 0 Å². The van der Waals surface area contributed by atoms with Gasteiger partial charge in [0.25, 0.3) is 0 Å². The zero-order valence-corrected chi connectivity index (χ0v) is 12.4. The molecule has 2 aliphatic rings. The molecule has 0 atom stereocenters. The summed E-state index contributed by atoms with van der Waals surface area (Å²) in [5.74, 6) is 0.242. The summed E-state index contributed by atoms with van der Waals surface area (Å²) in [7, 11) is 1.56. The van der Waals surface area contributed by atoms with E-state index in [1.54, 1.807) is 7.11 Å². The van der Waals surface area contributed by atoms with E-state index in [-0.39, 0.29) is 17.9 Å². The molecule has 0 bridgehead atoms. The number of hydrogen-bond donors (Lipinski definition) is 2. The van der Waals surface area contributed by atoms with Crippen molar-refractivity contribution in [2.45, 2.75) is 38.6 Å². The molecule has 1 aromatic rings. The van der Waals surface area contributed by atoms with Gasteiger partial charge in [0.05, 0.1) is 12.8 Å². The van der Waals surface area contributed by atoms with Crippen molar-refractivity contribution in [2.75, 3.05) is 12.4 Å². The first-order valence-electron chi connectivity index (χ1n) is 7.32. The summed E-state index contributed by atoms with van der Waals surface area (Å²) < 4.78 is 5.25. The van der Waals surface area contributed by atoms with E-state index >= 15 is 0 Å². The normalized spacial score (nSPS) is 18.8. The molecule has 5 heteroatoms. The van der Waals surface area contributed by atoms with Gasteiger partial charge >= 0.3 is 0 Å². The number of nitrogens with one attached hydrogen (secondary N) is 2. The van der Waals surface area contributed by atoms with Crippen LogP contribution in [0.25, 0.3) is 0 Å². The maximum Gasteiger partial charge on any atom is 0.240 e. The molecule has 2 N–H and O–H groups in total. The predicted octanol–water partition coefficient (Wildman–Crippen LogP) is 2.00. The number of anilines is 1. The second-order valence-electron chi connectivity index (χ2n) is 5.99. The molecule has 21 heavy (non-hydrogen) atoms. The molecule has 112 valence electrons. The quantitative estimate of drug-likeness (QED) is 0.814. The molecule has 2 aliphatic carbocycles. The maximum absolute atomic E-state index is 12.5. The molecule has 1 aromatic carbocycles. The van der Waals surface area contributed by atoms with Gasteiger partial charge in [-0.3, -0.25) is 9.59 Å². The molecule has 0 spiro atoms. The first-order valence-corrected chi connectivity index (χ1v) is 7.32. The third kappa shape index (κ3) is 2.73. The Bertz CT molecular complexity index is 589. The minimum atomic E-state index is -0.878. The summed E-state index contributed by atoms with van der Waals surface area (Å²) in [6.45, 7) is 1.95. The first kappa shape index (κ1) is 13.9. The summed E-state index contributed by atoms with van der Waals surface area (Å²) in [6, 6.07) is 5.86. The summed E-state index contributed by atoms with van der Waals surface area (Å²) in [5, 5.41) is 5.79. The van der Waals surface area contributed by atoms with Crippen LogP contribution in [0.3, 0.4) is 0 Å². The van der Waals surface area contributed by atoms with Gasteiger partial charge < -0.3 is 15.4 Å². The first-order chi connectivity index (χ1) is 10.0. The van der Waals surface area contributed by atoms with Gasteiger partial charge in [-0.1, -0.05) is 6.07 Å². The lowest BCUT2D eigenvalue weighted by Crippen LogP contribution is -2.40. The molecular formula is C16H20N2O3. The van der Waals surface area contributed by atoms with Gasteiger partial charge in [-0.25, -0.2) is 0 Å². The largest absolute Gasteiger partial charge is 0.495 e. The Morgan fingerprint density at radius 2 is 1.95 bits per heavy atom. The fourth-order valence-corrected chi connectivity index (χ4v) is 2.39. The average molecular weight is 288 g/mol. The van der Waals surface area contributed by atoms with Crippen LogP contribution in [0.15, 0.2) is 18.2 Å². The SMILES string of the molecule is COc1ccc(C)cc1NC(=O)C1(C(=O)NC2CC2)CC1. The van der Waals surface area contributed by atoms with Gasteiger partial charge in [-0.2, -0.15) is 0 Å². The van der Waals surface area contributed by atoms with Crippen molar-refractivity contribution in [1.82, 2.24) is 5.32 Å². The van der Waals surface area contributed by atoms with E-state index in [0.29, 0.717) is 24.3 Å². The monoisotopic (exact) mass is 288 g/mol. The van der Waals surface area contributed by atoms with Crippen LogP contribution >= 0.6 is 0 Å². The van der Waals surface area contributed by atoms with E-state index in [4.69, 9.17) is 4.74 Å². The number of amides is 2. The molecule has 0 heterocycles. The zero-order valence-electron chi connectivity index (χ0n) is 12.4. The molecule has 0 aliphatic heterocycles. The topological polar surface area (TPSA) is 67.4 Å². The standard InChI is InChI=1S/C16H20N2O3/c1-10-3-6-13(21-2)12(9-10)18-15(20)16(7-8-16)14(19)17-11-4-5-11/h3,6,9,11H,4-5,7-8H2,1-2H3,(H,17,19)(H,18,20). The van der Waals surface area contributed by atoms with E-state index in [9.17, 15) is 9.59 Å². The number of rotatable bonds is 5. The lowest BCUT2D eigenvalue weighted by atomic mass is 10.0. The number of carbonyl (C=O) groups is 2. The predicted molar refractivity (Wildman–Crippen MR) is 79.2 cm³/mol. The third-order valence-electron chi connectivity index (χ3n) is 4.14. The molecule has 5 nitrogen and oxygen atoms in total. The number of carbonyl (C=O) groups excluding carboxylic acids is 2. The Kier molecular flexibility index (Phi) is 3.35. The molecule has 0 aromatic heterocycles. The van der Waals surface area contributed by atoms with Gasteiger partial charge in [0.1, 0.15) is 11.2 Å². The van der Waals surface area contributed by atoms with E-state index in [0.717, 1.165) is 18.4 Å². The number of benzene rings is 1. The van der Waals surface area contributed by atoms with Crippen LogP contribution in [-0.4, -0.2) is 25.0 Å². The second-order valence-corrected chi connectivity index (χ2v) is 5.99. The Morgan fingerprint density at radius 1 is 1.24 bits per heavy atom. The molecular weight excluding hydrogens is 268 g/mol. The number of aryl methyl sites for hydroxylation is 1. The Hall–Kier alpha value is -2.04. The second kappa shape index (κ2) is 5.06. The van der Waals surface area contributed by atoms with Crippen LogP contribution in [0.5, 0.6) is 5.75 Å². The lowest BCUT2D eigenvalue weighted by Gasteiger charge is -2.17. The van der Waals surface area contributed by atoms with Crippen LogP contribution in [0, 0.1) is 12.3 Å². The van der Waals surface area contributed by atoms with Crippen molar-refractivity contribution < 1.29 is 14.3 Å². The van der Waals surface area contributed by atoms with Crippen LogP contribution in [0.4, 0.5) is 5.69 Å². The van der Waals surface area contributed by atoms with Crippen LogP contribution in [-0.2, 0) is 9.59 Å². The lowest BCUT2D eigenvalue weighted by molar-refractivity contribution is -0.134. The molecule has 0 saturated heterocycles. The molecule has 3 rings (SSSR count). The highest BCUT2D eigenvalue weighted by molar-refractivity contribution is 6.13. The molecule has 2 fully saturated rings. The molecule has 2 amide bonds. The van der Waals surface area contributed by atoms with Gasteiger partial charge in [0, 0.05) is 6.04 Å². The molecule has 2 saturated carbocycles. The Morgan fingerprint density at radius 3 is 2.52 bits per heavy atom. The van der Waals surface area contributed by atoms with Crippen LogP contribution in [0.1, 0.15) is 31.2 Å². The summed E-state index contributed by atoms with van der Waals surface area (Å²) in [4.78, 5) is 24.7. The number of hydrogen-bond acceptors (Lipinski definition) is 3. The van der Waals surface area contributed by atoms with E-state index in [2.05, 4.69) is 10.6 Å². The van der Waals surface area contributed by atoms with Crippen molar-refractivity contribution in [2.24, 2.45) is 5.41 Å². The highest BCUT2D eigenvalue weighted by Gasteiger charge is 2.57. The van der Waals surface area contributed by atoms with Gasteiger partial charge in [0.2, 0.25) is 11.8 Å². The summed E-state index contributed by atoms with van der Waals surface area (Å²) in [5.41, 5.74) is 0.767. The molecule has 0 radical (unpaired) electrons. The summed E-state index contributed by atoms with van der Waals surface area (Å²) in [6.07, 6.45) is 3.28. The Balaban J connectivity index is 1.73. The number of ether oxygens (including phenoxy) is 1. The maximum atomic E-state index is 12.5. The van der Waals surface area contributed by atoms with E-state index < -0.39 is 5.41 Å². The molecule has 0 unspecified atom stereocenters. The zero-order chi connectivity index (χ0) is 15.0. The highest BCUT2D eigenvalue weighted by Crippen LogP contribution is 2.47. The minimum Gasteiger partial charge on any atom is -0.495 e. The average Bonchev–Trinajstić information content (AvgIpc) is 3.33. The third-order valence-corrected chi connectivity index (χ3v) is 4.14. The van der Waals surface area contributed by atoms with Crippen LogP contribution in [0.2, 0.25) is 0 Å². The van der Waals surface area contributed by atoms with Crippen molar-refractivity contribution >= 4 is 17.5 Å². The van der Waals surface area contributed by atoms with E-state index in [1.165, 1.54) is 0 Å². The summed E-state index contributed by atoms with van der Waals surface area (Å²) >= 11 is 0. The minimum absolute atomic E-state index is 0.130. The van der Waals surface area contributed by atoms with Crippen molar-refractivity contribution in [1.29, 1.82) is 0 Å². The van der Waals surface area contributed by atoms with Gasteiger partial charge in [-0.15, -0.1) is 0 Å². The fraction of sp³-hybridized carbons (Fsp3) is 0.500. The van der Waals surface area contributed by atoms with Crippen LogP contribution < -0.4 is 15.4 Å². The smallest absolute Gasteiger partial charge is 0.240 e.